The monoisotopic (exact) mass is 281 g/mol. The molecule has 0 aliphatic carbocycles. The molecule has 0 radical (unpaired) electrons. The number of hydrogen-bond acceptors (Lipinski definition) is 2. The third-order valence-electron chi connectivity index (χ3n) is 2.65. The van der Waals surface area contributed by atoms with Crippen LogP contribution in [0.2, 0.25) is 0 Å². The molecule has 1 aliphatic rings. The highest BCUT2D eigenvalue weighted by molar-refractivity contribution is 9.10. The Labute approximate surface area is 104 Å². The van der Waals surface area contributed by atoms with Gasteiger partial charge < -0.3 is 9.64 Å². The highest BCUT2D eigenvalue weighted by Crippen LogP contribution is 2.17. The Hall–Kier alpha value is -0.805. The summed E-state index contributed by atoms with van der Waals surface area (Å²) in [6.45, 7) is 2.63. The zero-order valence-corrected chi connectivity index (χ0v) is 10.8. The molecule has 16 heavy (non-hydrogen) atoms. The Morgan fingerprint density at radius 3 is 2.75 bits per heavy atom. The normalized spacial score (nSPS) is 16.2. The molecule has 0 aromatic heterocycles. The van der Waals surface area contributed by atoms with E-state index in [1.807, 2.05) is 30.9 Å². The first kappa shape index (κ1) is 11.7. The minimum atomic E-state index is 0.0823. The van der Waals surface area contributed by atoms with Crippen molar-refractivity contribution in [3.63, 3.8) is 0 Å². The molecule has 0 spiro atoms. The van der Waals surface area contributed by atoms with Crippen molar-refractivity contribution in [2.75, 3.05) is 26.3 Å². The molecule has 1 fully saturated rings. The fourth-order valence-corrected chi connectivity index (χ4v) is 2.16. The maximum atomic E-state index is 12.2. The summed E-state index contributed by atoms with van der Waals surface area (Å²) in [5, 5.41) is 0. The predicted octanol–water partition coefficient (Wildman–Crippen LogP) is 0.180. The van der Waals surface area contributed by atoms with Gasteiger partial charge in [-0.1, -0.05) is 17.6 Å². The van der Waals surface area contributed by atoms with Crippen molar-refractivity contribution in [1.82, 2.24) is 4.90 Å². The van der Waals surface area contributed by atoms with Gasteiger partial charge in [0.05, 0.1) is 18.8 Å². The molecule has 0 unspecified atom stereocenters. The van der Waals surface area contributed by atoms with Crippen molar-refractivity contribution in [2.45, 2.75) is 0 Å². The van der Waals surface area contributed by atoms with Gasteiger partial charge in [-0.05, 0) is 22.0 Å². The fourth-order valence-electron chi connectivity index (χ4n) is 1.74. The number of morpholine rings is 1. The van der Waals surface area contributed by atoms with Crippen LogP contribution in [-0.4, -0.2) is 45.0 Å². The molecule has 0 bridgehead atoms. The van der Waals surface area contributed by atoms with Crippen LogP contribution in [0.15, 0.2) is 22.7 Å². The van der Waals surface area contributed by atoms with Crippen molar-refractivity contribution >= 4 is 35.1 Å². The molecule has 1 aromatic carbocycles. The molecular weight excluding hydrogens is 269 g/mol. The fraction of sp³-hybridized carbons (Fsp3) is 0.364. The van der Waals surface area contributed by atoms with Gasteiger partial charge in [-0.15, -0.1) is 0 Å². The van der Waals surface area contributed by atoms with E-state index in [0.29, 0.717) is 26.3 Å². The van der Waals surface area contributed by atoms with Crippen LogP contribution in [-0.2, 0) is 4.74 Å². The third-order valence-corrected chi connectivity index (χ3v) is 3.34. The van der Waals surface area contributed by atoms with Gasteiger partial charge in [-0.3, -0.25) is 4.79 Å². The summed E-state index contributed by atoms with van der Waals surface area (Å²) in [6.07, 6.45) is 0. The summed E-state index contributed by atoms with van der Waals surface area (Å²) in [6, 6.07) is 5.82. The molecule has 3 nitrogen and oxygen atoms in total. The lowest BCUT2D eigenvalue weighted by molar-refractivity contribution is 0.0302. The van der Waals surface area contributed by atoms with Gasteiger partial charge in [0, 0.05) is 17.6 Å². The number of carbonyl (C=O) groups excluding carboxylic acids is 1. The first-order valence-electron chi connectivity index (χ1n) is 5.31. The van der Waals surface area contributed by atoms with Gasteiger partial charge >= 0.3 is 0 Å². The van der Waals surface area contributed by atoms with E-state index in [2.05, 4.69) is 15.9 Å². The lowest BCUT2D eigenvalue weighted by Crippen LogP contribution is -2.41. The number of carbonyl (C=O) groups is 1. The van der Waals surface area contributed by atoms with Crippen LogP contribution in [0.25, 0.3) is 0 Å². The van der Waals surface area contributed by atoms with Crippen LogP contribution in [0.5, 0.6) is 0 Å². The van der Waals surface area contributed by atoms with Gasteiger partial charge in [0.15, 0.2) is 0 Å². The molecule has 1 saturated heterocycles. The summed E-state index contributed by atoms with van der Waals surface area (Å²) in [5.74, 6) is 0.0823. The van der Waals surface area contributed by atoms with E-state index in [4.69, 9.17) is 4.74 Å². The first-order valence-corrected chi connectivity index (χ1v) is 6.11. The van der Waals surface area contributed by atoms with Crippen LogP contribution < -0.4 is 5.46 Å². The van der Waals surface area contributed by atoms with Crippen molar-refractivity contribution < 1.29 is 9.53 Å². The lowest BCUT2D eigenvalue weighted by atomic mass is 9.94. The minimum Gasteiger partial charge on any atom is -0.378 e. The lowest BCUT2D eigenvalue weighted by Gasteiger charge is -2.27. The molecular formula is C11H13BBrNO2. The Balaban J connectivity index is 2.22. The topological polar surface area (TPSA) is 29.5 Å². The Morgan fingerprint density at radius 2 is 2.06 bits per heavy atom. The largest absolute Gasteiger partial charge is 0.378 e. The van der Waals surface area contributed by atoms with Gasteiger partial charge in [0.25, 0.3) is 5.91 Å². The number of ether oxygens (including phenoxy) is 1. The second kappa shape index (κ2) is 5.02. The third kappa shape index (κ3) is 2.47. The van der Waals surface area contributed by atoms with Crippen molar-refractivity contribution in [1.29, 1.82) is 0 Å². The molecule has 1 aliphatic heterocycles. The smallest absolute Gasteiger partial charge is 0.255 e. The SMILES string of the molecule is Bc1ccc(Br)c(C(=O)N2CCOCC2)c1. The van der Waals surface area contributed by atoms with Crippen LogP contribution in [0.3, 0.4) is 0 Å². The molecule has 0 N–H and O–H groups in total. The Kier molecular flexibility index (Phi) is 3.66. The summed E-state index contributed by atoms with van der Waals surface area (Å²) in [4.78, 5) is 14.0. The maximum absolute atomic E-state index is 12.2. The molecule has 1 heterocycles. The van der Waals surface area contributed by atoms with Gasteiger partial charge in [0.1, 0.15) is 7.85 Å². The molecule has 1 amide bonds. The van der Waals surface area contributed by atoms with Gasteiger partial charge in [-0.2, -0.15) is 0 Å². The number of hydrogen-bond donors (Lipinski definition) is 0. The van der Waals surface area contributed by atoms with E-state index < -0.39 is 0 Å². The molecule has 2 rings (SSSR count). The standard InChI is InChI=1S/C11H13BBrNO2/c12-8-1-2-10(13)9(7-8)11(15)14-3-5-16-6-4-14/h1-2,7H,3-6,12H2. The zero-order valence-electron chi connectivity index (χ0n) is 9.20. The maximum Gasteiger partial charge on any atom is 0.255 e. The molecule has 5 heteroatoms. The second-order valence-electron chi connectivity index (χ2n) is 3.89. The summed E-state index contributed by atoms with van der Waals surface area (Å²) >= 11 is 3.42. The molecule has 1 aromatic rings. The van der Waals surface area contributed by atoms with Crippen LogP contribution in [0.4, 0.5) is 0 Å². The Morgan fingerprint density at radius 1 is 1.38 bits per heavy atom. The van der Waals surface area contributed by atoms with Crippen LogP contribution in [0, 0.1) is 0 Å². The van der Waals surface area contributed by atoms with Crippen LogP contribution >= 0.6 is 15.9 Å². The van der Waals surface area contributed by atoms with Gasteiger partial charge in [0.2, 0.25) is 0 Å². The van der Waals surface area contributed by atoms with Crippen molar-refractivity contribution in [2.24, 2.45) is 0 Å². The van der Waals surface area contributed by atoms with E-state index in [0.717, 1.165) is 15.5 Å². The van der Waals surface area contributed by atoms with E-state index in [9.17, 15) is 4.79 Å². The number of halogens is 1. The highest BCUT2D eigenvalue weighted by Gasteiger charge is 2.20. The highest BCUT2D eigenvalue weighted by atomic mass is 79.9. The summed E-state index contributed by atoms with van der Waals surface area (Å²) < 4.78 is 6.09. The predicted molar refractivity (Wildman–Crippen MR) is 69.0 cm³/mol. The summed E-state index contributed by atoms with van der Waals surface area (Å²) in [7, 11) is 1.99. The summed E-state index contributed by atoms with van der Waals surface area (Å²) in [5.41, 5.74) is 1.83. The van der Waals surface area contributed by atoms with Crippen LogP contribution in [0.1, 0.15) is 10.4 Å². The number of rotatable bonds is 1. The van der Waals surface area contributed by atoms with E-state index >= 15 is 0 Å². The molecule has 0 saturated carbocycles. The number of nitrogens with zero attached hydrogens (tertiary/aromatic N) is 1. The number of benzene rings is 1. The van der Waals surface area contributed by atoms with E-state index in [1.165, 1.54) is 0 Å². The molecule has 84 valence electrons. The van der Waals surface area contributed by atoms with Crippen molar-refractivity contribution in [3.05, 3.63) is 28.2 Å². The first-order chi connectivity index (χ1) is 7.68. The quantitative estimate of drug-likeness (QED) is 0.688. The van der Waals surface area contributed by atoms with Gasteiger partial charge in [-0.25, -0.2) is 0 Å². The minimum absolute atomic E-state index is 0.0823. The average Bonchev–Trinajstić information content (AvgIpc) is 2.32. The second-order valence-corrected chi connectivity index (χ2v) is 4.74. The van der Waals surface area contributed by atoms with Crippen molar-refractivity contribution in [3.8, 4) is 0 Å². The average molecular weight is 282 g/mol. The molecule has 0 atom stereocenters. The zero-order chi connectivity index (χ0) is 11.5. The van der Waals surface area contributed by atoms with E-state index in [-0.39, 0.29) is 5.91 Å². The Bertz CT molecular complexity index is 405. The number of amides is 1. The van der Waals surface area contributed by atoms with E-state index in [1.54, 1.807) is 0 Å².